The summed E-state index contributed by atoms with van der Waals surface area (Å²) in [5.74, 6) is 0.120. The zero-order valence-corrected chi connectivity index (χ0v) is 55.2. The number of carbonyl (C=O) groups is 2. The molecule has 0 amide bonds. The zero-order valence-electron chi connectivity index (χ0n) is 43.8. The fourth-order valence-electron chi connectivity index (χ4n) is 10.7. The van der Waals surface area contributed by atoms with Crippen molar-refractivity contribution in [2.75, 3.05) is 0 Å². The molecule has 0 radical (unpaired) electrons. The Kier molecular flexibility index (Phi) is 40.3. The molecule has 9 heteroatoms. The van der Waals surface area contributed by atoms with Crippen LogP contribution >= 0.6 is 0 Å². The zero-order chi connectivity index (χ0) is 45.9. The van der Waals surface area contributed by atoms with Crippen LogP contribution in [0.25, 0.3) is 0 Å². The molecule has 5 nitrogen and oxygen atoms in total. The Hall–Kier alpha value is 2.09. The first-order valence-electron chi connectivity index (χ1n) is 27.7. The predicted molar refractivity (Wildman–Crippen MR) is 282 cm³/mol. The van der Waals surface area contributed by atoms with Gasteiger partial charge in [0.25, 0.3) is 0 Å². The van der Waals surface area contributed by atoms with Gasteiger partial charge in [-0.2, -0.15) is 0 Å². The number of hydrogen-bond acceptors (Lipinski definition) is 5. The fourth-order valence-corrected chi connectivity index (χ4v) is 103. The van der Waals surface area contributed by atoms with Gasteiger partial charge in [-0.15, -0.1) is 0 Å². The average molecular weight is 1290 g/mol. The summed E-state index contributed by atoms with van der Waals surface area (Å²) < 4.78 is 33.3. The number of unbranched alkanes of at least 4 members (excludes halogenated alkanes) is 12. The minimum absolute atomic E-state index is 0.0193. The van der Waals surface area contributed by atoms with Crippen LogP contribution in [-0.2, 0) is 15.7 Å². The molecule has 1 atom stereocenters. The van der Waals surface area contributed by atoms with E-state index in [4.69, 9.17) is 6.15 Å². The van der Waals surface area contributed by atoms with Crippen molar-refractivity contribution in [1.82, 2.24) is 1.34 Å². The molecule has 61 heavy (non-hydrogen) atoms. The summed E-state index contributed by atoms with van der Waals surface area (Å²) in [5, 5.41) is 0. The van der Waals surface area contributed by atoms with E-state index in [-0.39, 0.29) is 18.4 Å². The standard InChI is InChI=1S/C4H5NO4.12C4H9.4Sn/c5-2(4(8)9)1-3(6)7;12*1-3-4-2;;;;/h2H,1H2,(H,6,7)(H,8,9);12*1,3-4H2,2H3;;;;/q;;;;;;;;;;;;;;;2*+1/p-2. The van der Waals surface area contributed by atoms with E-state index in [0.29, 0.717) is 0 Å². The molecule has 0 saturated heterocycles. The second-order valence-corrected chi connectivity index (χ2v) is 72.2. The summed E-state index contributed by atoms with van der Waals surface area (Å²) >= 11 is -13.6. The van der Waals surface area contributed by atoms with Gasteiger partial charge in [-0.05, 0) is 0 Å². The van der Waals surface area contributed by atoms with E-state index in [1.54, 1.807) is 0 Å². The van der Waals surface area contributed by atoms with Crippen molar-refractivity contribution in [2.45, 2.75) is 303 Å². The van der Waals surface area contributed by atoms with Crippen LogP contribution < -0.4 is 0 Å². The summed E-state index contributed by atoms with van der Waals surface area (Å²) in [7, 11) is 0. The molecule has 0 N–H and O–H groups in total. The van der Waals surface area contributed by atoms with E-state index in [9.17, 15) is 0 Å². The molecule has 0 bridgehead atoms. The summed E-state index contributed by atoms with van der Waals surface area (Å²) in [5.41, 5.74) is 0. The second-order valence-electron chi connectivity index (χ2n) is 20.0. The molecule has 364 valence electrons. The van der Waals surface area contributed by atoms with Crippen molar-refractivity contribution in [3.8, 4) is 0 Å². The van der Waals surface area contributed by atoms with Gasteiger partial charge in [-0.25, -0.2) is 0 Å². The normalized spacial score (nSPS) is 13.3. The summed E-state index contributed by atoms with van der Waals surface area (Å²) in [6.45, 7) is 28.3. The average Bonchev–Trinajstić information content (AvgIpc) is 3.27. The Morgan fingerprint density at radius 2 is 0.557 bits per heavy atom. The summed E-state index contributed by atoms with van der Waals surface area (Å²) in [6, 6.07) is -0.399. The van der Waals surface area contributed by atoms with Crippen LogP contribution in [0.3, 0.4) is 0 Å². The van der Waals surface area contributed by atoms with Gasteiger partial charge in [-0.3, -0.25) is 0 Å². The van der Waals surface area contributed by atoms with Crippen LogP contribution in [0.15, 0.2) is 0 Å². The molecular formula is C52H111NO4Sn4. The Balaban J connectivity index is 8.65. The second kappa shape index (κ2) is 39.0. The topological polar surface area (TPSA) is 55.8 Å². The van der Waals surface area contributed by atoms with Crippen molar-refractivity contribution >= 4 is 86.8 Å². The maximum atomic E-state index is 16.3. The Labute approximate surface area is 402 Å². The SMILES string of the molecule is CCC[CH2][Sn]([CH2]CCC)([CH2]CCC)[O]C(=O)CC(C(=O)[O][Sn]([CH2]CCC)([CH2]CCC)[CH2]CCC)[N]([Sn]([CH2]CCC)([CH2]CCC)[CH2]CCC)[Sn]([CH2]CCC)([CH2]CCC)[CH2]CCC. The maximum absolute atomic E-state index is 16.3. The number of hydrogen-bond donors (Lipinski definition) is 0. The van der Waals surface area contributed by atoms with Crippen molar-refractivity contribution in [3.63, 3.8) is 0 Å². The monoisotopic (exact) mass is 1290 g/mol. The van der Waals surface area contributed by atoms with Crippen LogP contribution in [0, 0.1) is 0 Å². The van der Waals surface area contributed by atoms with E-state index in [0.717, 1.165) is 65.1 Å². The van der Waals surface area contributed by atoms with Gasteiger partial charge in [0, 0.05) is 0 Å². The summed E-state index contributed by atoms with van der Waals surface area (Å²) in [4.78, 5) is 31.8. The van der Waals surface area contributed by atoms with Crippen LogP contribution in [0.2, 0.25) is 53.2 Å². The molecule has 0 heterocycles. The van der Waals surface area contributed by atoms with Crippen LogP contribution in [-0.4, -0.2) is 94.2 Å². The van der Waals surface area contributed by atoms with Gasteiger partial charge in [0.05, 0.1) is 0 Å². The molecule has 0 fully saturated rings. The number of rotatable bonds is 44. The molecule has 0 aliphatic carbocycles. The molecule has 0 aromatic heterocycles. The first kappa shape index (κ1) is 63.1. The minimum atomic E-state index is -3.43. The van der Waals surface area contributed by atoms with Crippen molar-refractivity contribution in [2.24, 2.45) is 0 Å². The van der Waals surface area contributed by atoms with E-state index in [2.05, 4.69) is 84.4 Å². The molecule has 0 aromatic carbocycles. The summed E-state index contributed by atoms with van der Waals surface area (Å²) in [6.07, 6.45) is 29.3. The fraction of sp³-hybridized carbons (Fsp3) is 0.962. The Morgan fingerprint density at radius 3 is 0.787 bits per heavy atom. The molecule has 0 rings (SSSR count). The molecule has 0 aliphatic rings. The van der Waals surface area contributed by atoms with E-state index < -0.39 is 80.9 Å². The number of carbonyl (C=O) groups excluding carboxylic acids is 2. The van der Waals surface area contributed by atoms with Crippen molar-refractivity contribution in [3.05, 3.63) is 0 Å². The van der Waals surface area contributed by atoms with Crippen molar-refractivity contribution < 1.29 is 15.7 Å². The molecule has 1 unspecified atom stereocenters. The predicted octanol–water partition coefficient (Wildman–Crippen LogP) is 18.5. The molecule has 0 aromatic rings. The van der Waals surface area contributed by atoms with Gasteiger partial charge in [-0.1, -0.05) is 0 Å². The number of nitrogens with zero attached hydrogens (tertiary/aromatic N) is 1. The first-order chi connectivity index (χ1) is 29.5. The van der Waals surface area contributed by atoms with E-state index in [1.807, 2.05) is 0 Å². The van der Waals surface area contributed by atoms with Crippen LogP contribution in [0.5, 0.6) is 0 Å². The van der Waals surface area contributed by atoms with Gasteiger partial charge in [0.15, 0.2) is 0 Å². The quantitative estimate of drug-likeness (QED) is 0.0569. The Bertz CT molecular complexity index is 941. The van der Waals surface area contributed by atoms with Crippen molar-refractivity contribution in [1.29, 1.82) is 0 Å². The molecule has 0 saturated carbocycles. The van der Waals surface area contributed by atoms with Gasteiger partial charge in [0.2, 0.25) is 0 Å². The van der Waals surface area contributed by atoms with Gasteiger partial charge < -0.3 is 0 Å². The Morgan fingerprint density at radius 1 is 0.344 bits per heavy atom. The van der Waals surface area contributed by atoms with E-state index in [1.165, 1.54) is 142 Å². The molecular weight excluding hydrogens is 1180 g/mol. The molecule has 0 aliphatic heterocycles. The third kappa shape index (κ3) is 24.3. The molecule has 0 spiro atoms. The van der Waals surface area contributed by atoms with Gasteiger partial charge >= 0.3 is 407 Å². The van der Waals surface area contributed by atoms with E-state index >= 15 is 9.59 Å². The van der Waals surface area contributed by atoms with Gasteiger partial charge in [0.1, 0.15) is 0 Å². The first-order valence-corrected chi connectivity index (χ1v) is 56.8. The third-order valence-corrected chi connectivity index (χ3v) is 87.6. The van der Waals surface area contributed by atoms with Crippen LogP contribution in [0.1, 0.15) is 244 Å². The third-order valence-electron chi connectivity index (χ3n) is 14.5. The van der Waals surface area contributed by atoms with Crippen LogP contribution in [0.4, 0.5) is 0 Å².